The number of ketones is 1. The first-order chi connectivity index (χ1) is 14.0. The van der Waals surface area contributed by atoms with Crippen molar-refractivity contribution < 1.29 is 9.53 Å². The first kappa shape index (κ1) is 26.9. The molecule has 0 saturated heterocycles. The van der Waals surface area contributed by atoms with Crippen LogP contribution in [-0.2, 0) is 17.6 Å². The zero-order valence-corrected chi connectivity index (χ0v) is 20.0. The molecule has 0 bridgehead atoms. The number of methoxy groups -OCH3 is 1. The van der Waals surface area contributed by atoms with E-state index in [-0.39, 0.29) is 5.78 Å². The second kappa shape index (κ2) is 13.9. The first-order valence-electron chi connectivity index (χ1n) is 11.0. The lowest BCUT2D eigenvalue weighted by molar-refractivity contribution is -0.123. The molecule has 162 valence electrons. The van der Waals surface area contributed by atoms with Crippen LogP contribution in [0, 0.1) is 0 Å². The monoisotopic (exact) mass is 399 g/mol. The molecule has 2 rings (SSSR count). The summed E-state index contributed by atoms with van der Waals surface area (Å²) in [5, 5.41) is 3.23. The summed E-state index contributed by atoms with van der Waals surface area (Å²) >= 11 is 0. The van der Waals surface area contributed by atoms with Crippen LogP contribution in [0.4, 0.5) is 0 Å². The van der Waals surface area contributed by atoms with Gasteiger partial charge in [-0.2, -0.15) is 0 Å². The Morgan fingerprint density at radius 1 is 1.00 bits per heavy atom. The molecule has 3 heteroatoms. The maximum absolute atomic E-state index is 12.1. The maximum atomic E-state index is 12.1. The number of hydrogen-bond acceptors (Lipinski definition) is 3. The third kappa shape index (κ3) is 7.01. The number of likely N-dealkylation sites (N-methyl/N-ethyl adjacent to an activating group) is 1. The first-order valence-corrected chi connectivity index (χ1v) is 11.0. The second-order valence-electron chi connectivity index (χ2n) is 6.49. The highest BCUT2D eigenvalue weighted by atomic mass is 16.5. The molecule has 2 aromatic carbocycles. The lowest BCUT2D eigenvalue weighted by Gasteiger charge is -2.30. The van der Waals surface area contributed by atoms with Crippen molar-refractivity contribution in [3.8, 4) is 16.9 Å². The standard InChI is InChI=1S/C22H29NO2.2C2H6/c1-6-18-14-20(25-5)12-13-21(18)19-10-8-17(9-11-19)15-22(7-2,23-4)16(3)24;2*1-2/h8-14,23H,6-7,15H2,1-5H3;2*1-2H3. The number of nitrogens with one attached hydrogen (secondary N) is 1. The van der Waals surface area contributed by atoms with Crippen molar-refractivity contribution in [2.75, 3.05) is 14.2 Å². The van der Waals surface area contributed by atoms with Gasteiger partial charge < -0.3 is 10.1 Å². The molecule has 0 heterocycles. The highest BCUT2D eigenvalue weighted by Gasteiger charge is 2.31. The summed E-state index contributed by atoms with van der Waals surface area (Å²) in [5.41, 5.74) is 4.39. The summed E-state index contributed by atoms with van der Waals surface area (Å²) < 4.78 is 5.33. The van der Waals surface area contributed by atoms with Crippen LogP contribution in [0.2, 0.25) is 0 Å². The van der Waals surface area contributed by atoms with Gasteiger partial charge in [0.1, 0.15) is 11.5 Å². The topological polar surface area (TPSA) is 38.3 Å². The minimum absolute atomic E-state index is 0.185. The average Bonchev–Trinajstić information content (AvgIpc) is 2.80. The number of ether oxygens (including phenoxy) is 1. The van der Waals surface area contributed by atoms with Crippen LogP contribution in [0.1, 0.15) is 66.0 Å². The molecule has 0 aromatic heterocycles. The zero-order valence-electron chi connectivity index (χ0n) is 20.0. The molecule has 0 saturated carbocycles. The second-order valence-corrected chi connectivity index (χ2v) is 6.49. The van der Waals surface area contributed by atoms with Crippen molar-refractivity contribution in [1.82, 2.24) is 5.32 Å². The van der Waals surface area contributed by atoms with Gasteiger partial charge in [-0.1, -0.05) is 71.9 Å². The van der Waals surface area contributed by atoms with E-state index in [1.165, 1.54) is 22.3 Å². The van der Waals surface area contributed by atoms with Crippen molar-refractivity contribution in [3.05, 3.63) is 53.6 Å². The number of carbonyl (C=O) groups excluding carboxylic acids is 1. The highest BCUT2D eigenvalue weighted by molar-refractivity contribution is 5.86. The van der Waals surface area contributed by atoms with Gasteiger partial charge in [-0.15, -0.1) is 0 Å². The van der Waals surface area contributed by atoms with Gasteiger partial charge in [-0.05, 0) is 67.6 Å². The van der Waals surface area contributed by atoms with Gasteiger partial charge in [0.05, 0.1) is 12.6 Å². The van der Waals surface area contributed by atoms with E-state index in [2.05, 4.69) is 55.6 Å². The Bertz CT molecular complexity index is 716. The van der Waals surface area contributed by atoms with Gasteiger partial charge in [0.25, 0.3) is 0 Å². The van der Waals surface area contributed by atoms with E-state index < -0.39 is 5.54 Å². The van der Waals surface area contributed by atoms with Crippen LogP contribution in [0.5, 0.6) is 5.75 Å². The molecule has 0 radical (unpaired) electrons. The Balaban J connectivity index is 0.00000184. The normalized spacial score (nSPS) is 11.9. The molecule has 0 spiro atoms. The lowest BCUT2D eigenvalue weighted by atomic mass is 9.84. The molecule has 0 aliphatic rings. The quantitative estimate of drug-likeness (QED) is 0.552. The van der Waals surface area contributed by atoms with Crippen LogP contribution < -0.4 is 10.1 Å². The van der Waals surface area contributed by atoms with Gasteiger partial charge >= 0.3 is 0 Å². The molecule has 0 aliphatic carbocycles. The number of Topliss-reactive ketones (excluding diaryl/α,β-unsaturated/α-hetero) is 1. The van der Waals surface area contributed by atoms with Crippen molar-refractivity contribution in [2.45, 2.75) is 73.3 Å². The molecule has 29 heavy (non-hydrogen) atoms. The summed E-state index contributed by atoms with van der Waals surface area (Å²) in [4.78, 5) is 12.1. The summed E-state index contributed by atoms with van der Waals surface area (Å²) in [7, 11) is 3.56. The summed E-state index contributed by atoms with van der Waals surface area (Å²) in [6.07, 6.45) is 2.44. The van der Waals surface area contributed by atoms with Gasteiger partial charge in [-0.3, -0.25) is 4.79 Å². The number of hydrogen-bond donors (Lipinski definition) is 1. The zero-order chi connectivity index (χ0) is 22.4. The molecule has 0 amide bonds. The Hall–Kier alpha value is -2.13. The maximum Gasteiger partial charge on any atom is 0.150 e. The fraction of sp³-hybridized carbons (Fsp3) is 0.500. The highest BCUT2D eigenvalue weighted by Crippen LogP contribution is 2.29. The fourth-order valence-electron chi connectivity index (χ4n) is 3.36. The Kier molecular flexibility index (Phi) is 12.9. The molecule has 2 aromatic rings. The Morgan fingerprint density at radius 2 is 1.59 bits per heavy atom. The number of aryl methyl sites for hydroxylation is 1. The van der Waals surface area contributed by atoms with Gasteiger partial charge in [-0.25, -0.2) is 0 Å². The minimum Gasteiger partial charge on any atom is -0.497 e. The molecule has 3 nitrogen and oxygen atoms in total. The van der Waals surface area contributed by atoms with Crippen molar-refractivity contribution >= 4 is 5.78 Å². The SMILES string of the molecule is CC.CC.CCc1cc(OC)ccc1-c1ccc(CC(CC)(NC)C(C)=O)cc1. The van der Waals surface area contributed by atoms with Gasteiger partial charge in [0.2, 0.25) is 0 Å². The van der Waals surface area contributed by atoms with Crippen LogP contribution >= 0.6 is 0 Å². The Morgan fingerprint density at radius 3 is 2.00 bits per heavy atom. The lowest BCUT2D eigenvalue weighted by Crippen LogP contribution is -2.50. The van der Waals surface area contributed by atoms with E-state index in [0.717, 1.165) is 18.6 Å². The van der Waals surface area contributed by atoms with Gasteiger partial charge in [0.15, 0.2) is 0 Å². The molecular formula is C26H41NO2. The predicted octanol–water partition coefficient (Wildman–Crippen LogP) is 6.48. The van der Waals surface area contributed by atoms with Gasteiger partial charge in [0, 0.05) is 0 Å². The smallest absolute Gasteiger partial charge is 0.150 e. The van der Waals surface area contributed by atoms with E-state index in [4.69, 9.17) is 4.74 Å². The van der Waals surface area contributed by atoms with E-state index in [9.17, 15) is 4.79 Å². The van der Waals surface area contributed by atoms with E-state index in [1.54, 1.807) is 14.0 Å². The number of rotatable bonds is 8. The summed E-state index contributed by atoms with van der Waals surface area (Å²) in [6, 6.07) is 14.8. The predicted molar refractivity (Wildman–Crippen MR) is 127 cm³/mol. The third-order valence-electron chi connectivity index (χ3n) is 5.22. The van der Waals surface area contributed by atoms with Crippen LogP contribution in [0.25, 0.3) is 11.1 Å². The minimum atomic E-state index is -0.476. The largest absolute Gasteiger partial charge is 0.497 e. The molecule has 0 fully saturated rings. The molecular weight excluding hydrogens is 358 g/mol. The van der Waals surface area contributed by atoms with Crippen molar-refractivity contribution in [1.29, 1.82) is 0 Å². The van der Waals surface area contributed by atoms with E-state index >= 15 is 0 Å². The van der Waals surface area contributed by atoms with Crippen LogP contribution in [0.3, 0.4) is 0 Å². The molecule has 1 atom stereocenters. The molecule has 1 unspecified atom stereocenters. The van der Waals surface area contributed by atoms with E-state index in [0.29, 0.717) is 6.42 Å². The Labute approximate surface area is 178 Å². The van der Waals surface area contributed by atoms with Crippen molar-refractivity contribution in [3.63, 3.8) is 0 Å². The average molecular weight is 400 g/mol. The number of carbonyl (C=O) groups is 1. The molecule has 1 N–H and O–H groups in total. The number of benzene rings is 2. The van der Waals surface area contributed by atoms with Crippen LogP contribution in [0.15, 0.2) is 42.5 Å². The van der Waals surface area contributed by atoms with E-state index in [1.807, 2.05) is 40.8 Å². The fourth-order valence-corrected chi connectivity index (χ4v) is 3.36. The van der Waals surface area contributed by atoms with Crippen LogP contribution in [-0.4, -0.2) is 25.5 Å². The van der Waals surface area contributed by atoms with Crippen molar-refractivity contribution in [2.24, 2.45) is 0 Å². The summed E-state index contributed by atoms with van der Waals surface area (Å²) in [6.45, 7) is 13.9. The molecule has 0 aliphatic heterocycles. The summed E-state index contributed by atoms with van der Waals surface area (Å²) in [5.74, 6) is 1.07. The third-order valence-corrected chi connectivity index (χ3v) is 5.22.